The molecule has 0 aromatic rings. The van der Waals surface area contributed by atoms with Crippen molar-refractivity contribution in [2.45, 2.75) is 45.8 Å². The van der Waals surface area contributed by atoms with Crippen molar-refractivity contribution in [2.24, 2.45) is 11.8 Å². The molecule has 0 spiro atoms. The van der Waals surface area contributed by atoms with E-state index in [2.05, 4.69) is 31.0 Å². The van der Waals surface area contributed by atoms with Gasteiger partial charge in [-0.2, -0.15) is 0 Å². The van der Waals surface area contributed by atoms with Crippen molar-refractivity contribution < 1.29 is 4.74 Å². The molecule has 3 nitrogen and oxygen atoms in total. The zero-order valence-corrected chi connectivity index (χ0v) is 11.6. The van der Waals surface area contributed by atoms with E-state index in [1.165, 1.54) is 32.5 Å². The second-order valence-electron chi connectivity index (χ2n) is 6.01. The van der Waals surface area contributed by atoms with Gasteiger partial charge in [0, 0.05) is 38.8 Å². The first-order valence-corrected chi connectivity index (χ1v) is 7.24. The summed E-state index contributed by atoms with van der Waals surface area (Å²) in [5.74, 6) is 1.73. The summed E-state index contributed by atoms with van der Waals surface area (Å²) in [6.07, 6.45) is 2.91. The monoisotopic (exact) mass is 240 g/mol. The SMILES string of the molecule is CC1CN(CCNC(C)C2CCCO2)CC1C. The number of nitrogens with one attached hydrogen (secondary N) is 1. The maximum Gasteiger partial charge on any atom is 0.0726 e. The predicted molar refractivity (Wildman–Crippen MR) is 71.2 cm³/mol. The van der Waals surface area contributed by atoms with Crippen LogP contribution in [0.3, 0.4) is 0 Å². The fourth-order valence-corrected chi connectivity index (χ4v) is 3.01. The summed E-state index contributed by atoms with van der Waals surface area (Å²) in [5, 5.41) is 3.61. The Labute approximate surface area is 106 Å². The van der Waals surface area contributed by atoms with Gasteiger partial charge in [0.2, 0.25) is 0 Å². The maximum atomic E-state index is 5.70. The summed E-state index contributed by atoms with van der Waals surface area (Å²) in [5.41, 5.74) is 0. The first-order chi connectivity index (χ1) is 8.16. The van der Waals surface area contributed by atoms with Crippen LogP contribution in [0.2, 0.25) is 0 Å². The number of ether oxygens (including phenoxy) is 1. The van der Waals surface area contributed by atoms with Gasteiger partial charge in [0.15, 0.2) is 0 Å². The molecule has 1 N–H and O–H groups in total. The van der Waals surface area contributed by atoms with E-state index in [9.17, 15) is 0 Å². The molecule has 4 unspecified atom stereocenters. The Hall–Kier alpha value is -0.120. The lowest BCUT2D eigenvalue weighted by atomic mass is 10.0. The van der Waals surface area contributed by atoms with Crippen LogP contribution in [0.1, 0.15) is 33.6 Å². The van der Waals surface area contributed by atoms with Gasteiger partial charge in [-0.25, -0.2) is 0 Å². The highest BCUT2D eigenvalue weighted by atomic mass is 16.5. The van der Waals surface area contributed by atoms with Crippen molar-refractivity contribution in [3.05, 3.63) is 0 Å². The minimum Gasteiger partial charge on any atom is -0.377 e. The van der Waals surface area contributed by atoms with Crippen molar-refractivity contribution in [3.8, 4) is 0 Å². The third-order valence-electron chi connectivity index (χ3n) is 4.48. The fraction of sp³-hybridized carbons (Fsp3) is 1.00. The molecule has 0 saturated carbocycles. The molecule has 2 saturated heterocycles. The minimum atomic E-state index is 0.450. The number of rotatable bonds is 5. The smallest absolute Gasteiger partial charge is 0.0726 e. The van der Waals surface area contributed by atoms with Crippen LogP contribution in [-0.4, -0.2) is 49.8 Å². The molecule has 17 heavy (non-hydrogen) atoms. The summed E-state index contributed by atoms with van der Waals surface area (Å²) >= 11 is 0. The Morgan fingerprint density at radius 3 is 2.59 bits per heavy atom. The average Bonchev–Trinajstić information content (AvgIpc) is 2.90. The Bertz CT molecular complexity index is 216. The number of hydrogen-bond acceptors (Lipinski definition) is 3. The predicted octanol–water partition coefficient (Wildman–Crippen LogP) is 1.73. The highest BCUT2D eigenvalue weighted by Gasteiger charge is 2.26. The topological polar surface area (TPSA) is 24.5 Å². The van der Waals surface area contributed by atoms with Crippen molar-refractivity contribution in [3.63, 3.8) is 0 Å². The quantitative estimate of drug-likeness (QED) is 0.792. The lowest BCUT2D eigenvalue weighted by Crippen LogP contribution is -2.41. The Kier molecular flexibility index (Phi) is 4.83. The van der Waals surface area contributed by atoms with E-state index < -0.39 is 0 Å². The fourth-order valence-electron chi connectivity index (χ4n) is 3.01. The molecular formula is C14H28N2O. The van der Waals surface area contributed by atoms with E-state index in [0.717, 1.165) is 25.0 Å². The molecule has 0 bridgehead atoms. The van der Waals surface area contributed by atoms with Gasteiger partial charge in [-0.1, -0.05) is 13.8 Å². The van der Waals surface area contributed by atoms with E-state index >= 15 is 0 Å². The summed E-state index contributed by atoms with van der Waals surface area (Å²) in [7, 11) is 0. The van der Waals surface area contributed by atoms with Gasteiger partial charge in [0.25, 0.3) is 0 Å². The Morgan fingerprint density at radius 1 is 1.29 bits per heavy atom. The van der Waals surface area contributed by atoms with E-state index in [1.807, 2.05) is 0 Å². The second kappa shape index (κ2) is 6.17. The van der Waals surface area contributed by atoms with Gasteiger partial charge in [-0.05, 0) is 31.6 Å². The zero-order valence-electron chi connectivity index (χ0n) is 11.6. The van der Waals surface area contributed by atoms with E-state index in [0.29, 0.717) is 12.1 Å². The first-order valence-electron chi connectivity index (χ1n) is 7.24. The highest BCUT2D eigenvalue weighted by molar-refractivity contribution is 4.80. The molecule has 0 aromatic carbocycles. The lowest BCUT2D eigenvalue weighted by Gasteiger charge is -2.22. The molecule has 3 heteroatoms. The van der Waals surface area contributed by atoms with Crippen LogP contribution in [0.25, 0.3) is 0 Å². The molecule has 0 amide bonds. The number of hydrogen-bond donors (Lipinski definition) is 1. The van der Waals surface area contributed by atoms with Crippen LogP contribution >= 0.6 is 0 Å². The van der Waals surface area contributed by atoms with E-state index in [-0.39, 0.29) is 0 Å². The normalized spacial score (nSPS) is 36.5. The largest absolute Gasteiger partial charge is 0.377 e. The second-order valence-corrected chi connectivity index (χ2v) is 6.01. The maximum absolute atomic E-state index is 5.70. The third kappa shape index (κ3) is 3.67. The Balaban J connectivity index is 1.59. The molecule has 0 radical (unpaired) electrons. The summed E-state index contributed by atoms with van der Waals surface area (Å²) < 4.78 is 5.70. The first kappa shape index (κ1) is 13.3. The molecule has 2 fully saturated rings. The summed E-state index contributed by atoms with van der Waals surface area (Å²) in [6.45, 7) is 12.8. The van der Waals surface area contributed by atoms with Crippen molar-refractivity contribution in [1.82, 2.24) is 10.2 Å². The van der Waals surface area contributed by atoms with E-state index in [1.54, 1.807) is 0 Å². The number of likely N-dealkylation sites (tertiary alicyclic amines) is 1. The molecule has 4 atom stereocenters. The van der Waals surface area contributed by atoms with Crippen molar-refractivity contribution in [1.29, 1.82) is 0 Å². The molecule has 2 rings (SSSR count). The van der Waals surface area contributed by atoms with Crippen LogP contribution in [0.15, 0.2) is 0 Å². The van der Waals surface area contributed by atoms with Gasteiger partial charge in [-0.3, -0.25) is 0 Å². The van der Waals surface area contributed by atoms with Crippen LogP contribution in [0.5, 0.6) is 0 Å². The third-order valence-corrected chi connectivity index (χ3v) is 4.48. The standard InChI is InChI=1S/C14H28N2O/c1-11-9-16(10-12(11)2)7-6-15-13(3)14-5-4-8-17-14/h11-15H,4-10H2,1-3H3. The average molecular weight is 240 g/mol. The Morgan fingerprint density at radius 2 is 2.00 bits per heavy atom. The van der Waals surface area contributed by atoms with Gasteiger partial charge in [0.05, 0.1) is 6.10 Å². The summed E-state index contributed by atoms with van der Waals surface area (Å²) in [4.78, 5) is 2.59. The summed E-state index contributed by atoms with van der Waals surface area (Å²) in [6, 6.07) is 0.509. The van der Waals surface area contributed by atoms with Crippen LogP contribution in [0, 0.1) is 11.8 Å². The van der Waals surface area contributed by atoms with Crippen molar-refractivity contribution in [2.75, 3.05) is 32.8 Å². The molecule has 2 aliphatic rings. The van der Waals surface area contributed by atoms with Gasteiger partial charge < -0.3 is 15.0 Å². The van der Waals surface area contributed by atoms with Gasteiger partial charge in [0.1, 0.15) is 0 Å². The highest BCUT2D eigenvalue weighted by Crippen LogP contribution is 2.21. The minimum absolute atomic E-state index is 0.450. The van der Waals surface area contributed by atoms with Crippen LogP contribution < -0.4 is 5.32 Å². The van der Waals surface area contributed by atoms with Crippen molar-refractivity contribution >= 4 is 0 Å². The van der Waals surface area contributed by atoms with E-state index in [4.69, 9.17) is 4.74 Å². The molecule has 2 aliphatic heterocycles. The van der Waals surface area contributed by atoms with Gasteiger partial charge >= 0.3 is 0 Å². The molecule has 0 aromatic heterocycles. The molecule has 2 heterocycles. The van der Waals surface area contributed by atoms with Crippen LogP contribution in [0.4, 0.5) is 0 Å². The number of nitrogens with zero attached hydrogens (tertiary/aromatic N) is 1. The molecular weight excluding hydrogens is 212 g/mol. The molecule has 100 valence electrons. The zero-order chi connectivity index (χ0) is 12.3. The lowest BCUT2D eigenvalue weighted by molar-refractivity contribution is 0.0829. The van der Waals surface area contributed by atoms with Crippen LogP contribution in [-0.2, 0) is 4.74 Å². The molecule has 0 aliphatic carbocycles. The van der Waals surface area contributed by atoms with Gasteiger partial charge in [-0.15, -0.1) is 0 Å².